The van der Waals surface area contributed by atoms with Gasteiger partial charge in [-0.25, -0.2) is 4.79 Å². The zero-order chi connectivity index (χ0) is 14.4. The van der Waals surface area contributed by atoms with Crippen molar-refractivity contribution in [2.75, 3.05) is 26.7 Å². The van der Waals surface area contributed by atoms with Crippen molar-refractivity contribution in [1.82, 2.24) is 4.90 Å². The van der Waals surface area contributed by atoms with Crippen LogP contribution in [0.15, 0.2) is 11.6 Å². The maximum absolute atomic E-state index is 11.5. The summed E-state index contributed by atoms with van der Waals surface area (Å²) in [7, 11) is 1.46. The minimum atomic E-state index is -0.173. The highest BCUT2D eigenvalue weighted by Gasteiger charge is 2.35. The summed E-state index contributed by atoms with van der Waals surface area (Å²) in [4.78, 5) is 14.0. The van der Waals surface area contributed by atoms with Crippen molar-refractivity contribution < 1.29 is 9.53 Å². The molecule has 2 aliphatic rings. The van der Waals surface area contributed by atoms with Gasteiger partial charge in [0.15, 0.2) is 0 Å². The van der Waals surface area contributed by atoms with E-state index in [9.17, 15) is 4.79 Å². The first-order valence-corrected chi connectivity index (χ1v) is 8.19. The third-order valence-corrected chi connectivity index (χ3v) is 5.26. The first-order valence-electron chi connectivity index (χ1n) is 8.19. The highest BCUT2D eigenvalue weighted by Crippen LogP contribution is 2.44. The summed E-state index contributed by atoms with van der Waals surface area (Å²) in [5, 5.41) is 0. The molecular formula is C17H29NO2. The summed E-state index contributed by atoms with van der Waals surface area (Å²) in [5.74, 6) is -0.173. The minimum Gasteiger partial charge on any atom is -0.466 e. The van der Waals surface area contributed by atoms with Gasteiger partial charge in [-0.15, -0.1) is 0 Å². The Balaban J connectivity index is 1.82. The largest absolute Gasteiger partial charge is 0.466 e. The van der Waals surface area contributed by atoms with Crippen LogP contribution in [-0.2, 0) is 9.53 Å². The van der Waals surface area contributed by atoms with Crippen LogP contribution in [0.25, 0.3) is 0 Å². The van der Waals surface area contributed by atoms with E-state index in [1.165, 1.54) is 65.1 Å². The monoisotopic (exact) mass is 279 g/mol. The van der Waals surface area contributed by atoms with Crippen molar-refractivity contribution >= 4 is 5.97 Å². The van der Waals surface area contributed by atoms with Crippen molar-refractivity contribution in [3.63, 3.8) is 0 Å². The van der Waals surface area contributed by atoms with Crippen LogP contribution in [-0.4, -0.2) is 37.6 Å². The van der Waals surface area contributed by atoms with Gasteiger partial charge in [0, 0.05) is 12.1 Å². The number of nitrogens with zero attached hydrogens (tertiary/aromatic N) is 1. The van der Waals surface area contributed by atoms with Gasteiger partial charge in [-0.1, -0.05) is 32.3 Å². The van der Waals surface area contributed by atoms with Gasteiger partial charge in [0.25, 0.3) is 0 Å². The lowest BCUT2D eigenvalue weighted by Gasteiger charge is -2.44. The molecule has 3 heteroatoms. The highest BCUT2D eigenvalue weighted by molar-refractivity contribution is 5.88. The molecule has 0 aromatic carbocycles. The summed E-state index contributed by atoms with van der Waals surface area (Å²) in [6.07, 6.45) is 12.7. The number of rotatable bonds is 4. The minimum absolute atomic E-state index is 0.173. The summed E-state index contributed by atoms with van der Waals surface area (Å²) in [6.45, 7) is 5.29. The van der Waals surface area contributed by atoms with E-state index in [2.05, 4.69) is 11.0 Å². The van der Waals surface area contributed by atoms with Crippen molar-refractivity contribution in [2.45, 2.75) is 58.3 Å². The lowest BCUT2D eigenvalue weighted by molar-refractivity contribution is -0.136. The molecule has 2 fully saturated rings. The van der Waals surface area contributed by atoms with E-state index in [0.717, 1.165) is 18.5 Å². The van der Waals surface area contributed by atoms with Gasteiger partial charge < -0.3 is 4.74 Å². The fourth-order valence-corrected chi connectivity index (χ4v) is 3.75. The molecule has 0 atom stereocenters. The molecule has 1 spiro atoms. The van der Waals surface area contributed by atoms with E-state index >= 15 is 0 Å². The number of carbonyl (C=O) groups is 1. The summed E-state index contributed by atoms with van der Waals surface area (Å²) in [6, 6.07) is 0. The van der Waals surface area contributed by atoms with Crippen LogP contribution in [0.4, 0.5) is 0 Å². The maximum atomic E-state index is 11.5. The number of hydrogen-bond acceptors (Lipinski definition) is 3. The zero-order valence-electron chi connectivity index (χ0n) is 13.1. The second-order valence-electron chi connectivity index (χ2n) is 6.44. The van der Waals surface area contributed by atoms with Gasteiger partial charge in [-0.2, -0.15) is 0 Å². The Hall–Kier alpha value is -0.830. The average Bonchev–Trinajstić information content (AvgIpc) is 2.50. The van der Waals surface area contributed by atoms with Gasteiger partial charge in [0.1, 0.15) is 0 Å². The molecule has 3 nitrogen and oxygen atoms in total. The van der Waals surface area contributed by atoms with Gasteiger partial charge >= 0.3 is 5.97 Å². The van der Waals surface area contributed by atoms with Crippen LogP contribution in [0, 0.1) is 5.41 Å². The smallest absolute Gasteiger partial charge is 0.333 e. The molecule has 2 rings (SSSR count). The Morgan fingerprint density at radius 3 is 2.35 bits per heavy atom. The predicted molar refractivity (Wildman–Crippen MR) is 81.6 cm³/mol. The third kappa shape index (κ3) is 3.85. The molecule has 1 saturated carbocycles. The fraction of sp³-hybridized carbons (Fsp3) is 0.824. The van der Waals surface area contributed by atoms with Crippen molar-refractivity contribution in [2.24, 2.45) is 5.41 Å². The Bertz CT molecular complexity index is 346. The van der Waals surface area contributed by atoms with Crippen molar-refractivity contribution in [3.8, 4) is 0 Å². The van der Waals surface area contributed by atoms with Crippen LogP contribution in [0.3, 0.4) is 0 Å². The summed E-state index contributed by atoms with van der Waals surface area (Å²) in [5.41, 5.74) is 1.47. The Kier molecular flexibility index (Phi) is 5.64. The van der Waals surface area contributed by atoms with E-state index in [0.29, 0.717) is 5.41 Å². The van der Waals surface area contributed by atoms with Gasteiger partial charge in [-0.3, -0.25) is 4.90 Å². The molecule has 0 radical (unpaired) electrons. The Labute approximate surface area is 123 Å². The molecule has 0 aromatic heterocycles. The molecule has 0 aromatic rings. The number of esters is 1. The highest BCUT2D eigenvalue weighted by atomic mass is 16.5. The van der Waals surface area contributed by atoms with Gasteiger partial charge in [0.05, 0.1) is 7.11 Å². The second kappa shape index (κ2) is 7.26. The van der Waals surface area contributed by atoms with Crippen LogP contribution in [0.2, 0.25) is 0 Å². The van der Waals surface area contributed by atoms with Crippen LogP contribution in [0.1, 0.15) is 58.3 Å². The fourth-order valence-electron chi connectivity index (χ4n) is 3.75. The number of likely N-dealkylation sites (tertiary alicyclic amines) is 1. The molecule has 0 amide bonds. The molecule has 1 saturated heterocycles. The number of ether oxygens (including phenoxy) is 1. The van der Waals surface area contributed by atoms with Crippen LogP contribution < -0.4 is 0 Å². The standard InChI is InChI=1S/C17H29NO2/c1-3-15(16(19)20-2)7-12-18-13-10-17(11-14-18)8-5-4-6-9-17/h7H,3-6,8-14H2,1-2H3. The first-order chi connectivity index (χ1) is 9.69. The van der Waals surface area contributed by atoms with Crippen LogP contribution in [0.5, 0.6) is 0 Å². The number of hydrogen-bond donors (Lipinski definition) is 0. The third-order valence-electron chi connectivity index (χ3n) is 5.26. The maximum Gasteiger partial charge on any atom is 0.333 e. The number of methoxy groups -OCH3 is 1. The molecular weight excluding hydrogens is 250 g/mol. The zero-order valence-corrected chi connectivity index (χ0v) is 13.1. The summed E-state index contributed by atoms with van der Waals surface area (Å²) < 4.78 is 4.81. The average molecular weight is 279 g/mol. The first kappa shape index (κ1) is 15.6. The predicted octanol–water partition coefficient (Wildman–Crippen LogP) is 3.54. The topological polar surface area (TPSA) is 29.5 Å². The van der Waals surface area contributed by atoms with Crippen molar-refractivity contribution in [1.29, 1.82) is 0 Å². The Morgan fingerprint density at radius 1 is 1.15 bits per heavy atom. The molecule has 1 aliphatic heterocycles. The van der Waals surface area contributed by atoms with Crippen LogP contribution >= 0.6 is 0 Å². The van der Waals surface area contributed by atoms with Crippen molar-refractivity contribution in [3.05, 3.63) is 11.6 Å². The Morgan fingerprint density at radius 2 is 1.80 bits per heavy atom. The van der Waals surface area contributed by atoms with E-state index in [1.807, 2.05) is 6.92 Å². The van der Waals surface area contributed by atoms with E-state index in [-0.39, 0.29) is 5.97 Å². The molecule has 1 aliphatic carbocycles. The molecule has 1 heterocycles. The lowest BCUT2D eigenvalue weighted by Crippen LogP contribution is -2.41. The normalized spacial score (nSPS) is 23.8. The quantitative estimate of drug-likeness (QED) is 0.582. The number of carbonyl (C=O) groups excluding carboxylic acids is 1. The summed E-state index contributed by atoms with van der Waals surface area (Å²) >= 11 is 0. The number of piperidine rings is 1. The molecule has 114 valence electrons. The van der Waals surface area contributed by atoms with E-state index in [1.54, 1.807) is 0 Å². The second-order valence-corrected chi connectivity index (χ2v) is 6.44. The van der Waals surface area contributed by atoms with E-state index in [4.69, 9.17) is 4.74 Å². The van der Waals surface area contributed by atoms with Gasteiger partial charge in [-0.05, 0) is 50.6 Å². The molecule has 0 N–H and O–H groups in total. The SMILES string of the molecule is CCC(=CCN1CCC2(CCCCC2)CC1)C(=O)OC. The lowest BCUT2D eigenvalue weighted by atomic mass is 9.68. The molecule has 0 bridgehead atoms. The molecule has 20 heavy (non-hydrogen) atoms. The van der Waals surface area contributed by atoms with E-state index < -0.39 is 0 Å². The van der Waals surface area contributed by atoms with Gasteiger partial charge in [0.2, 0.25) is 0 Å². The molecule has 0 unspecified atom stereocenters.